The summed E-state index contributed by atoms with van der Waals surface area (Å²) >= 11 is 5.96. The molecule has 0 atom stereocenters. The number of hydrogen-bond acceptors (Lipinski definition) is 4. The molecule has 0 saturated carbocycles. The molecule has 0 radical (unpaired) electrons. The zero-order valence-electron chi connectivity index (χ0n) is 11.2. The monoisotopic (exact) mass is 303 g/mol. The Kier molecular flexibility index (Phi) is 3.92. The van der Waals surface area contributed by atoms with Crippen molar-refractivity contribution in [1.82, 2.24) is 0 Å². The number of ether oxygens (including phenoxy) is 2. The lowest BCUT2D eigenvalue weighted by Crippen LogP contribution is -2.11. The van der Waals surface area contributed by atoms with Crippen molar-refractivity contribution in [3.63, 3.8) is 0 Å². The molecule has 2 aromatic rings. The van der Waals surface area contributed by atoms with E-state index < -0.39 is 6.29 Å². The van der Waals surface area contributed by atoms with Crippen LogP contribution in [0.25, 0.3) is 0 Å². The fourth-order valence-electron chi connectivity index (χ4n) is 2.32. The number of nitrogens with two attached hydrogens (primary N) is 1. The van der Waals surface area contributed by atoms with Gasteiger partial charge in [-0.25, -0.2) is 0 Å². The molecule has 3 rings (SSSR count). The van der Waals surface area contributed by atoms with Crippen molar-refractivity contribution in [3.8, 4) is 0 Å². The summed E-state index contributed by atoms with van der Waals surface area (Å²) in [6, 6.07) is 12.1. The van der Waals surface area contributed by atoms with Gasteiger partial charge in [-0.2, -0.15) is 0 Å². The maximum atomic E-state index is 12.7. The number of anilines is 1. The van der Waals surface area contributed by atoms with Crippen LogP contribution in [0.5, 0.6) is 0 Å². The molecule has 1 saturated heterocycles. The van der Waals surface area contributed by atoms with E-state index in [-0.39, 0.29) is 5.78 Å². The number of halogens is 1. The number of hydrogen-bond donors (Lipinski definition) is 1. The Morgan fingerprint density at radius 1 is 1.10 bits per heavy atom. The van der Waals surface area contributed by atoms with Crippen LogP contribution in [0.15, 0.2) is 42.5 Å². The largest absolute Gasteiger partial charge is 0.398 e. The highest BCUT2D eigenvalue weighted by atomic mass is 35.5. The standard InChI is InChI=1S/C16H14ClNO3/c17-10-5-6-14(18)13(9-10)15(19)11-3-1-2-4-12(11)16-20-7-8-21-16/h1-6,9,16H,7-8,18H2. The van der Waals surface area contributed by atoms with Gasteiger partial charge >= 0.3 is 0 Å². The van der Waals surface area contributed by atoms with Crippen LogP contribution in [0.2, 0.25) is 5.02 Å². The minimum Gasteiger partial charge on any atom is -0.398 e. The molecule has 0 aliphatic carbocycles. The van der Waals surface area contributed by atoms with E-state index in [2.05, 4.69) is 0 Å². The van der Waals surface area contributed by atoms with Crippen molar-refractivity contribution in [1.29, 1.82) is 0 Å². The van der Waals surface area contributed by atoms with E-state index in [4.69, 9.17) is 26.8 Å². The summed E-state index contributed by atoms with van der Waals surface area (Å²) in [4.78, 5) is 12.7. The fourth-order valence-corrected chi connectivity index (χ4v) is 2.49. The minimum absolute atomic E-state index is 0.190. The second-order valence-electron chi connectivity index (χ2n) is 4.72. The van der Waals surface area contributed by atoms with Gasteiger partial charge in [0.05, 0.1) is 13.2 Å². The normalized spacial score (nSPS) is 15.3. The van der Waals surface area contributed by atoms with Gasteiger partial charge in [0.2, 0.25) is 0 Å². The molecule has 1 fully saturated rings. The summed E-state index contributed by atoms with van der Waals surface area (Å²) in [6.07, 6.45) is -0.509. The molecule has 1 aliphatic heterocycles. The molecule has 4 nitrogen and oxygen atoms in total. The first-order valence-electron chi connectivity index (χ1n) is 6.58. The van der Waals surface area contributed by atoms with Crippen LogP contribution in [-0.4, -0.2) is 19.0 Å². The minimum atomic E-state index is -0.509. The fraction of sp³-hybridized carbons (Fsp3) is 0.188. The highest BCUT2D eigenvalue weighted by Crippen LogP contribution is 2.29. The van der Waals surface area contributed by atoms with Crippen LogP contribution in [0, 0.1) is 0 Å². The van der Waals surface area contributed by atoms with Crippen LogP contribution in [0.4, 0.5) is 5.69 Å². The molecule has 2 aromatic carbocycles. The summed E-state index contributed by atoms with van der Waals surface area (Å²) in [5.41, 5.74) is 7.89. The van der Waals surface area contributed by atoms with Gasteiger partial charge in [-0.1, -0.05) is 35.9 Å². The quantitative estimate of drug-likeness (QED) is 0.698. The number of rotatable bonds is 3. The lowest BCUT2D eigenvalue weighted by atomic mass is 9.97. The topological polar surface area (TPSA) is 61.6 Å². The first kappa shape index (κ1) is 14.1. The van der Waals surface area contributed by atoms with E-state index >= 15 is 0 Å². The van der Waals surface area contributed by atoms with E-state index in [9.17, 15) is 4.79 Å². The Labute approximate surface area is 127 Å². The Bertz CT molecular complexity index is 681. The second-order valence-corrected chi connectivity index (χ2v) is 5.16. The highest BCUT2D eigenvalue weighted by Gasteiger charge is 2.25. The predicted molar refractivity (Wildman–Crippen MR) is 80.4 cm³/mol. The Morgan fingerprint density at radius 3 is 2.57 bits per heavy atom. The van der Waals surface area contributed by atoms with Gasteiger partial charge in [0, 0.05) is 27.4 Å². The summed E-state index contributed by atoms with van der Waals surface area (Å²) in [7, 11) is 0. The number of benzene rings is 2. The SMILES string of the molecule is Nc1ccc(Cl)cc1C(=O)c1ccccc1C1OCCO1. The van der Waals surface area contributed by atoms with Crippen molar-refractivity contribution in [3.05, 3.63) is 64.2 Å². The third-order valence-electron chi connectivity index (χ3n) is 3.34. The van der Waals surface area contributed by atoms with Crippen molar-refractivity contribution >= 4 is 23.1 Å². The van der Waals surface area contributed by atoms with E-state index in [1.165, 1.54) is 0 Å². The Morgan fingerprint density at radius 2 is 1.81 bits per heavy atom. The van der Waals surface area contributed by atoms with Gasteiger partial charge in [-0.3, -0.25) is 4.79 Å². The highest BCUT2D eigenvalue weighted by molar-refractivity contribution is 6.31. The van der Waals surface area contributed by atoms with Crippen molar-refractivity contribution in [2.45, 2.75) is 6.29 Å². The van der Waals surface area contributed by atoms with Gasteiger partial charge in [0.1, 0.15) is 0 Å². The van der Waals surface area contributed by atoms with Gasteiger partial charge in [0.25, 0.3) is 0 Å². The van der Waals surface area contributed by atoms with Crippen LogP contribution in [0.3, 0.4) is 0 Å². The van der Waals surface area contributed by atoms with Crippen LogP contribution in [0.1, 0.15) is 27.8 Å². The van der Waals surface area contributed by atoms with Gasteiger partial charge in [-0.05, 0) is 18.2 Å². The molecule has 5 heteroatoms. The Hall–Kier alpha value is -1.88. The van der Waals surface area contributed by atoms with E-state index in [0.29, 0.717) is 40.6 Å². The van der Waals surface area contributed by atoms with Gasteiger partial charge in [-0.15, -0.1) is 0 Å². The molecule has 2 N–H and O–H groups in total. The van der Waals surface area contributed by atoms with Crippen molar-refractivity contribution < 1.29 is 14.3 Å². The van der Waals surface area contributed by atoms with Crippen molar-refractivity contribution in [2.24, 2.45) is 0 Å². The molecule has 21 heavy (non-hydrogen) atoms. The Balaban J connectivity index is 2.03. The first-order chi connectivity index (χ1) is 10.2. The third kappa shape index (κ3) is 2.78. The summed E-state index contributed by atoms with van der Waals surface area (Å²) in [5.74, 6) is -0.190. The van der Waals surface area contributed by atoms with Crippen LogP contribution >= 0.6 is 11.6 Å². The average Bonchev–Trinajstić information content (AvgIpc) is 3.03. The molecule has 1 heterocycles. The molecule has 0 aromatic heterocycles. The summed E-state index contributed by atoms with van der Waals surface area (Å²) < 4.78 is 11.0. The summed E-state index contributed by atoms with van der Waals surface area (Å²) in [6.45, 7) is 1.04. The molecular formula is C16H14ClNO3. The zero-order chi connectivity index (χ0) is 14.8. The maximum Gasteiger partial charge on any atom is 0.195 e. The molecule has 0 bridgehead atoms. The molecule has 108 valence electrons. The number of ketones is 1. The van der Waals surface area contributed by atoms with Gasteiger partial charge in [0.15, 0.2) is 12.1 Å². The number of carbonyl (C=O) groups is 1. The molecular weight excluding hydrogens is 290 g/mol. The average molecular weight is 304 g/mol. The van der Waals surface area contributed by atoms with Crippen LogP contribution in [-0.2, 0) is 9.47 Å². The summed E-state index contributed by atoms with van der Waals surface area (Å²) in [5, 5.41) is 0.471. The van der Waals surface area contributed by atoms with Crippen LogP contribution < -0.4 is 5.73 Å². The van der Waals surface area contributed by atoms with E-state index in [0.717, 1.165) is 0 Å². The molecule has 1 aliphatic rings. The number of nitrogen functional groups attached to an aromatic ring is 1. The zero-order valence-corrected chi connectivity index (χ0v) is 12.0. The smallest absolute Gasteiger partial charge is 0.195 e. The number of carbonyl (C=O) groups excluding carboxylic acids is 1. The molecule has 0 unspecified atom stereocenters. The molecule has 0 amide bonds. The third-order valence-corrected chi connectivity index (χ3v) is 3.58. The van der Waals surface area contributed by atoms with Crippen molar-refractivity contribution in [2.75, 3.05) is 18.9 Å². The second kappa shape index (κ2) is 5.85. The first-order valence-corrected chi connectivity index (χ1v) is 6.96. The lowest BCUT2D eigenvalue weighted by molar-refractivity contribution is -0.0444. The maximum absolute atomic E-state index is 12.7. The lowest BCUT2D eigenvalue weighted by Gasteiger charge is -2.14. The van der Waals surface area contributed by atoms with E-state index in [1.807, 2.05) is 12.1 Å². The van der Waals surface area contributed by atoms with E-state index in [1.54, 1.807) is 30.3 Å². The molecule has 0 spiro atoms. The predicted octanol–water partition coefficient (Wildman–Crippen LogP) is 3.20. The van der Waals surface area contributed by atoms with Gasteiger partial charge < -0.3 is 15.2 Å².